The maximum absolute atomic E-state index is 12.7. The second-order valence-corrected chi connectivity index (χ2v) is 8.50. The number of benzene rings is 1. The maximum atomic E-state index is 12.7. The van der Waals surface area contributed by atoms with Gasteiger partial charge in [-0.2, -0.15) is 0 Å². The van der Waals surface area contributed by atoms with Gasteiger partial charge in [-0.05, 0) is 37.0 Å². The van der Waals surface area contributed by atoms with Crippen LogP contribution in [0.1, 0.15) is 19.3 Å². The number of halogens is 1. The van der Waals surface area contributed by atoms with Gasteiger partial charge in [-0.25, -0.2) is 0 Å². The SMILES string of the molecule is O=C(CN1C[C@@H]2CCC[C@@]2(C(=O)O)C1)N1CCN(c2cccc(Cl)c2)CC1. The fourth-order valence-corrected chi connectivity index (χ4v) is 5.23. The van der Waals surface area contributed by atoms with Crippen LogP contribution in [0.15, 0.2) is 24.3 Å². The Bertz CT molecular complexity index is 735. The molecule has 2 heterocycles. The maximum Gasteiger partial charge on any atom is 0.311 e. The Hall–Kier alpha value is -1.79. The summed E-state index contributed by atoms with van der Waals surface area (Å²) in [5.74, 6) is -0.376. The Kier molecular flexibility index (Phi) is 5.03. The van der Waals surface area contributed by atoms with Crippen molar-refractivity contribution in [3.8, 4) is 0 Å². The van der Waals surface area contributed by atoms with Crippen molar-refractivity contribution in [2.24, 2.45) is 11.3 Å². The van der Waals surface area contributed by atoms with E-state index >= 15 is 0 Å². The number of carbonyl (C=O) groups excluding carboxylic acids is 1. The zero-order chi connectivity index (χ0) is 19.0. The molecule has 146 valence electrons. The summed E-state index contributed by atoms with van der Waals surface area (Å²) in [6.45, 7) is 4.53. The average molecular weight is 392 g/mol. The third kappa shape index (κ3) is 3.52. The van der Waals surface area contributed by atoms with Crippen molar-refractivity contribution < 1.29 is 14.7 Å². The monoisotopic (exact) mass is 391 g/mol. The summed E-state index contributed by atoms with van der Waals surface area (Å²) in [6, 6.07) is 7.79. The third-order valence-corrected chi connectivity index (χ3v) is 6.77. The Balaban J connectivity index is 1.31. The zero-order valence-electron chi connectivity index (χ0n) is 15.4. The number of likely N-dealkylation sites (tertiary alicyclic amines) is 1. The normalized spacial score (nSPS) is 28.4. The summed E-state index contributed by atoms with van der Waals surface area (Å²) in [4.78, 5) is 30.7. The number of carboxylic acids is 1. The first kappa shape index (κ1) is 18.6. The molecule has 4 rings (SSSR count). The molecule has 0 bridgehead atoms. The number of carboxylic acid groups (broad SMARTS) is 1. The van der Waals surface area contributed by atoms with E-state index in [4.69, 9.17) is 11.6 Å². The number of piperazine rings is 1. The van der Waals surface area contributed by atoms with E-state index in [1.54, 1.807) is 0 Å². The summed E-state index contributed by atoms with van der Waals surface area (Å²) >= 11 is 6.07. The highest BCUT2D eigenvalue weighted by Crippen LogP contribution is 2.48. The van der Waals surface area contributed by atoms with Gasteiger partial charge in [0.25, 0.3) is 0 Å². The lowest BCUT2D eigenvalue weighted by Gasteiger charge is -2.37. The van der Waals surface area contributed by atoms with Gasteiger partial charge in [-0.1, -0.05) is 24.1 Å². The van der Waals surface area contributed by atoms with Crippen LogP contribution >= 0.6 is 11.6 Å². The minimum absolute atomic E-state index is 0.112. The Labute approximate surface area is 164 Å². The number of anilines is 1. The van der Waals surface area contributed by atoms with E-state index in [1.165, 1.54) is 0 Å². The van der Waals surface area contributed by atoms with Gasteiger partial charge in [0.2, 0.25) is 5.91 Å². The van der Waals surface area contributed by atoms with Crippen LogP contribution in [-0.2, 0) is 9.59 Å². The van der Waals surface area contributed by atoms with Crippen molar-refractivity contribution in [3.63, 3.8) is 0 Å². The number of hydrogen-bond donors (Lipinski definition) is 1. The van der Waals surface area contributed by atoms with Gasteiger partial charge in [0.1, 0.15) is 0 Å². The van der Waals surface area contributed by atoms with Crippen molar-refractivity contribution in [3.05, 3.63) is 29.3 Å². The van der Waals surface area contributed by atoms with E-state index in [9.17, 15) is 14.7 Å². The molecule has 27 heavy (non-hydrogen) atoms. The number of aliphatic carboxylic acids is 1. The number of carbonyl (C=O) groups is 2. The van der Waals surface area contributed by atoms with Crippen LogP contribution in [0, 0.1) is 11.3 Å². The molecule has 0 radical (unpaired) electrons. The first-order valence-electron chi connectivity index (χ1n) is 9.72. The highest BCUT2D eigenvalue weighted by molar-refractivity contribution is 6.30. The second kappa shape index (κ2) is 7.32. The highest BCUT2D eigenvalue weighted by Gasteiger charge is 2.54. The standard InChI is InChI=1S/C20H26ClN3O3/c21-16-4-1-5-17(11-16)23-7-9-24(10-8-23)18(25)13-22-12-15-3-2-6-20(15,14-22)19(26)27/h1,4-5,11,15H,2-3,6-10,12-14H2,(H,26,27)/t15-,20+/m0/s1. The molecule has 0 spiro atoms. The molecule has 1 aromatic rings. The molecule has 6 nitrogen and oxygen atoms in total. The molecule has 1 aliphatic carbocycles. The molecule has 1 aromatic carbocycles. The van der Waals surface area contributed by atoms with Crippen LogP contribution in [0.2, 0.25) is 5.02 Å². The van der Waals surface area contributed by atoms with E-state index in [0.29, 0.717) is 26.2 Å². The van der Waals surface area contributed by atoms with E-state index in [-0.39, 0.29) is 11.8 Å². The summed E-state index contributed by atoms with van der Waals surface area (Å²) < 4.78 is 0. The highest BCUT2D eigenvalue weighted by atomic mass is 35.5. The molecular weight excluding hydrogens is 366 g/mol. The van der Waals surface area contributed by atoms with Crippen LogP contribution in [0.25, 0.3) is 0 Å². The summed E-state index contributed by atoms with van der Waals surface area (Å²) in [5, 5.41) is 10.4. The fourth-order valence-electron chi connectivity index (χ4n) is 5.04. The molecular formula is C20H26ClN3O3. The molecule has 7 heteroatoms. The van der Waals surface area contributed by atoms with Gasteiger partial charge in [-0.15, -0.1) is 0 Å². The number of fused-ring (bicyclic) bond motifs is 1. The van der Waals surface area contributed by atoms with E-state index in [2.05, 4.69) is 9.80 Å². The van der Waals surface area contributed by atoms with Crippen LogP contribution in [0.5, 0.6) is 0 Å². The molecule has 1 saturated carbocycles. The summed E-state index contributed by atoms with van der Waals surface area (Å²) in [7, 11) is 0. The van der Waals surface area contributed by atoms with Gasteiger partial charge >= 0.3 is 5.97 Å². The Morgan fingerprint density at radius 2 is 2.00 bits per heavy atom. The molecule has 3 fully saturated rings. The van der Waals surface area contributed by atoms with E-state index in [0.717, 1.165) is 49.6 Å². The van der Waals surface area contributed by atoms with Crippen molar-refractivity contribution in [1.82, 2.24) is 9.80 Å². The lowest BCUT2D eigenvalue weighted by molar-refractivity contribution is -0.149. The van der Waals surface area contributed by atoms with Gasteiger partial charge in [-0.3, -0.25) is 14.5 Å². The van der Waals surface area contributed by atoms with E-state index in [1.807, 2.05) is 29.2 Å². The predicted molar refractivity (Wildman–Crippen MR) is 104 cm³/mol. The topological polar surface area (TPSA) is 64.1 Å². The largest absolute Gasteiger partial charge is 0.481 e. The minimum atomic E-state index is -0.685. The molecule has 3 aliphatic rings. The smallest absolute Gasteiger partial charge is 0.311 e. The summed E-state index contributed by atoms with van der Waals surface area (Å²) in [5.41, 5.74) is 0.469. The number of hydrogen-bond acceptors (Lipinski definition) is 4. The molecule has 0 aromatic heterocycles. The Morgan fingerprint density at radius 3 is 2.67 bits per heavy atom. The number of rotatable bonds is 4. The molecule has 2 atom stereocenters. The minimum Gasteiger partial charge on any atom is -0.481 e. The van der Waals surface area contributed by atoms with Crippen molar-refractivity contribution in [2.45, 2.75) is 19.3 Å². The van der Waals surface area contributed by atoms with Crippen LogP contribution < -0.4 is 4.90 Å². The van der Waals surface area contributed by atoms with Crippen LogP contribution in [0.3, 0.4) is 0 Å². The molecule has 1 N–H and O–H groups in total. The zero-order valence-corrected chi connectivity index (χ0v) is 16.2. The van der Waals surface area contributed by atoms with Crippen LogP contribution in [0.4, 0.5) is 5.69 Å². The molecule has 0 unspecified atom stereocenters. The van der Waals surface area contributed by atoms with Crippen molar-refractivity contribution >= 4 is 29.2 Å². The Morgan fingerprint density at radius 1 is 1.22 bits per heavy atom. The number of amides is 1. The lowest BCUT2D eigenvalue weighted by atomic mass is 9.81. The molecule has 2 aliphatic heterocycles. The molecule has 2 saturated heterocycles. The van der Waals surface area contributed by atoms with Gasteiger partial charge in [0.15, 0.2) is 0 Å². The van der Waals surface area contributed by atoms with Crippen molar-refractivity contribution in [2.75, 3.05) is 50.7 Å². The van der Waals surface area contributed by atoms with Crippen LogP contribution in [-0.4, -0.2) is 72.6 Å². The number of nitrogens with zero attached hydrogens (tertiary/aromatic N) is 3. The quantitative estimate of drug-likeness (QED) is 0.852. The third-order valence-electron chi connectivity index (χ3n) is 6.53. The lowest BCUT2D eigenvalue weighted by Crippen LogP contribution is -2.51. The van der Waals surface area contributed by atoms with Gasteiger partial charge in [0, 0.05) is 50.0 Å². The van der Waals surface area contributed by atoms with Crippen molar-refractivity contribution in [1.29, 1.82) is 0 Å². The average Bonchev–Trinajstić information content (AvgIpc) is 3.20. The second-order valence-electron chi connectivity index (χ2n) is 8.07. The van der Waals surface area contributed by atoms with Gasteiger partial charge in [0.05, 0.1) is 12.0 Å². The van der Waals surface area contributed by atoms with E-state index < -0.39 is 11.4 Å². The molecule has 1 amide bonds. The van der Waals surface area contributed by atoms with Gasteiger partial charge < -0.3 is 14.9 Å². The summed E-state index contributed by atoms with van der Waals surface area (Å²) in [6.07, 6.45) is 2.70. The predicted octanol–water partition coefficient (Wildman–Crippen LogP) is 2.18. The fraction of sp³-hybridized carbons (Fsp3) is 0.600. The first-order chi connectivity index (χ1) is 13.0. The first-order valence-corrected chi connectivity index (χ1v) is 10.1.